The van der Waals surface area contributed by atoms with Crippen LogP contribution >= 0.6 is 11.3 Å². The lowest BCUT2D eigenvalue weighted by molar-refractivity contribution is 0.0478. The van der Waals surface area contributed by atoms with Gasteiger partial charge in [0.25, 0.3) is 0 Å². The standard InChI is InChI=1S/C23H21N3O2S/c1-3-17-11-7-8-12-18(17)26-21-19-15(2)20(29-22(19)25-14-24-21)23(27)28-13-16-9-5-4-6-10-16/h4-12,14H,3,13H2,1-2H3,(H,24,25,26). The maximum Gasteiger partial charge on any atom is 0.349 e. The molecular formula is C23H21N3O2S. The van der Waals surface area contributed by atoms with Crippen LogP contribution in [0.4, 0.5) is 11.5 Å². The third-order valence-corrected chi connectivity index (χ3v) is 5.96. The van der Waals surface area contributed by atoms with Gasteiger partial charge in [-0.1, -0.05) is 55.5 Å². The summed E-state index contributed by atoms with van der Waals surface area (Å²) in [6.07, 6.45) is 2.44. The van der Waals surface area contributed by atoms with Crippen molar-refractivity contribution < 1.29 is 9.53 Å². The van der Waals surface area contributed by atoms with Gasteiger partial charge in [0, 0.05) is 5.69 Å². The van der Waals surface area contributed by atoms with Gasteiger partial charge in [-0.15, -0.1) is 11.3 Å². The van der Waals surface area contributed by atoms with E-state index in [1.807, 2.05) is 55.5 Å². The fourth-order valence-corrected chi connectivity index (χ4v) is 4.27. The molecule has 0 amide bonds. The lowest BCUT2D eigenvalue weighted by atomic mass is 10.1. The molecule has 0 saturated carbocycles. The molecule has 0 aliphatic rings. The van der Waals surface area contributed by atoms with Crippen molar-refractivity contribution in [2.24, 2.45) is 0 Å². The lowest BCUT2D eigenvalue weighted by Crippen LogP contribution is -2.04. The molecule has 1 N–H and O–H groups in total. The molecule has 4 aromatic rings. The number of para-hydroxylation sites is 1. The van der Waals surface area contributed by atoms with Crippen LogP contribution in [0, 0.1) is 6.92 Å². The molecule has 4 rings (SSSR count). The van der Waals surface area contributed by atoms with Gasteiger partial charge in [-0.2, -0.15) is 0 Å². The minimum absolute atomic E-state index is 0.244. The number of hydrogen-bond donors (Lipinski definition) is 1. The second-order valence-electron chi connectivity index (χ2n) is 6.66. The van der Waals surface area contributed by atoms with Gasteiger partial charge >= 0.3 is 5.97 Å². The zero-order valence-electron chi connectivity index (χ0n) is 16.3. The topological polar surface area (TPSA) is 64.1 Å². The highest BCUT2D eigenvalue weighted by Crippen LogP contribution is 2.35. The Labute approximate surface area is 173 Å². The Morgan fingerprint density at radius 3 is 2.62 bits per heavy atom. The maximum atomic E-state index is 12.7. The molecule has 2 aromatic heterocycles. The van der Waals surface area contributed by atoms with E-state index in [1.165, 1.54) is 23.2 Å². The number of esters is 1. The number of carbonyl (C=O) groups excluding carboxylic acids is 1. The number of aromatic nitrogens is 2. The van der Waals surface area contributed by atoms with E-state index < -0.39 is 0 Å². The molecule has 0 fully saturated rings. The predicted molar refractivity (Wildman–Crippen MR) is 117 cm³/mol. The van der Waals surface area contributed by atoms with Crippen LogP contribution in [0.1, 0.15) is 33.3 Å². The third kappa shape index (κ3) is 3.98. The molecule has 2 heterocycles. The van der Waals surface area contributed by atoms with Crippen molar-refractivity contribution in [3.63, 3.8) is 0 Å². The Hall–Kier alpha value is -3.25. The summed E-state index contributed by atoms with van der Waals surface area (Å²) in [5, 5.41) is 4.28. The van der Waals surface area contributed by atoms with Crippen LogP contribution in [0.15, 0.2) is 60.9 Å². The SMILES string of the molecule is CCc1ccccc1Nc1ncnc2sc(C(=O)OCc3ccccc3)c(C)c12. The second kappa shape index (κ2) is 8.41. The Kier molecular flexibility index (Phi) is 5.53. The number of carbonyl (C=O) groups is 1. The van der Waals surface area contributed by atoms with Gasteiger partial charge in [-0.3, -0.25) is 0 Å². The summed E-state index contributed by atoms with van der Waals surface area (Å²) in [7, 11) is 0. The van der Waals surface area contributed by atoms with Crippen LogP contribution in [0.3, 0.4) is 0 Å². The van der Waals surface area contributed by atoms with Gasteiger partial charge in [0.05, 0.1) is 5.39 Å². The minimum Gasteiger partial charge on any atom is -0.457 e. The van der Waals surface area contributed by atoms with Gasteiger partial charge in [-0.05, 0) is 36.1 Å². The van der Waals surface area contributed by atoms with E-state index >= 15 is 0 Å². The number of benzene rings is 2. The summed E-state index contributed by atoms with van der Waals surface area (Å²) >= 11 is 1.34. The average Bonchev–Trinajstić information content (AvgIpc) is 3.11. The zero-order chi connectivity index (χ0) is 20.2. The first-order chi connectivity index (χ1) is 14.2. The molecule has 0 atom stereocenters. The molecule has 5 nitrogen and oxygen atoms in total. The normalized spacial score (nSPS) is 10.8. The number of hydrogen-bond acceptors (Lipinski definition) is 6. The predicted octanol–water partition coefficient (Wildman–Crippen LogP) is 5.66. The fourth-order valence-electron chi connectivity index (χ4n) is 3.23. The number of ether oxygens (including phenoxy) is 1. The van der Waals surface area contributed by atoms with E-state index in [9.17, 15) is 4.79 Å². The van der Waals surface area contributed by atoms with Crippen LogP contribution in [0.5, 0.6) is 0 Å². The average molecular weight is 404 g/mol. The monoisotopic (exact) mass is 403 g/mol. The van der Waals surface area contributed by atoms with Crippen LogP contribution < -0.4 is 5.32 Å². The van der Waals surface area contributed by atoms with Gasteiger partial charge in [0.15, 0.2) is 0 Å². The second-order valence-corrected chi connectivity index (χ2v) is 7.66. The first-order valence-corrected chi connectivity index (χ1v) is 10.3. The molecule has 6 heteroatoms. The smallest absolute Gasteiger partial charge is 0.349 e. The number of rotatable bonds is 6. The number of nitrogens with one attached hydrogen (secondary N) is 1. The summed E-state index contributed by atoms with van der Waals surface area (Å²) < 4.78 is 5.52. The van der Waals surface area contributed by atoms with Crippen molar-refractivity contribution in [3.8, 4) is 0 Å². The summed E-state index contributed by atoms with van der Waals surface area (Å²) in [6, 6.07) is 17.8. The molecular weight excluding hydrogens is 382 g/mol. The molecule has 146 valence electrons. The Morgan fingerprint density at radius 2 is 1.83 bits per heavy atom. The fraction of sp³-hybridized carbons (Fsp3) is 0.174. The zero-order valence-corrected chi connectivity index (χ0v) is 17.1. The molecule has 0 spiro atoms. The third-order valence-electron chi connectivity index (χ3n) is 4.78. The van der Waals surface area contributed by atoms with Crippen molar-refractivity contribution in [1.29, 1.82) is 0 Å². The molecule has 0 aliphatic carbocycles. The molecule has 2 aromatic carbocycles. The lowest BCUT2D eigenvalue weighted by Gasteiger charge is -2.11. The van der Waals surface area contributed by atoms with E-state index in [-0.39, 0.29) is 12.6 Å². The Morgan fingerprint density at radius 1 is 1.07 bits per heavy atom. The van der Waals surface area contributed by atoms with Crippen molar-refractivity contribution in [3.05, 3.63) is 82.5 Å². The number of thiophene rings is 1. The van der Waals surface area contributed by atoms with E-state index in [2.05, 4.69) is 28.3 Å². The van der Waals surface area contributed by atoms with Crippen molar-refractivity contribution in [2.45, 2.75) is 26.9 Å². The molecule has 0 radical (unpaired) electrons. The first kappa shape index (κ1) is 19.1. The highest BCUT2D eigenvalue weighted by atomic mass is 32.1. The first-order valence-electron chi connectivity index (χ1n) is 9.47. The molecule has 0 unspecified atom stereocenters. The van der Waals surface area contributed by atoms with Crippen molar-refractivity contribution >= 4 is 39.0 Å². The largest absolute Gasteiger partial charge is 0.457 e. The molecule has 29 heavy (non-hydrogen) atoms. The van der Waals surface area contributed by atoms with E-state index in [1.54, 1.807) is 0 Å². The highest BCUT2D eigenvalue weighted by molar-refractivity contribution is 7.20. The summed E-state index contributed by atoms with van der Waals surface area (Å²) in [5.74, 6) is 0.362. The van der Waals surface area contributed by atoms with Gasteiger partial charge in [0.1, 0.15) is 28.5 Å². The summed E-state index contributed by atoms with van der Waals surface area (Å²) in [5.41, 5.74) is 4.00. The highest BCUT2D eigenvalue weighted by Gasteiger charge is 2.21. The van der Waals surface area contributed by atoms with Gasteiger partial charge in [0.2, 0.25) is 0 Å². The van der Waals surface area contributed by atoms with E-state index in [0.29, 0.717) is 10.7 Å². The van der Waals surface area contributed by atoms with Gasteiger partial charge in [-0.25, -0.2) is 14.8 Å². The van der Waals surface area contributed by atoms with E-state index in [4.69, 9.17) is 4.74 Å². The maximum absolute atomic E-state index is 12.7. The molecule has 0 saturated heterocycles. The number of anilines is 2. The summed E-state index contributed by atoms with van der Waals surface area (Å²) in [6.45, 7) is 4.28. The molecule has 0 aliphatic heterocycles. The minimum atomic E-state index is -0.339. The van der Waals surface area contributed by atoms with Crippen LogP contribution in [-0.4, -0.2) is 15.9 Å². The quantitative estimate of drug-likeness (QED) is 0.421. The number of aryl methyl sites for hydroxylation is 2. The summed E-state index contributed by atoms with van der Waals surface area (Å²) in [4.78, 5) is 22.8. The van der Waals surface area contributed by atoms with Crippen molar-refractivity contribution in [2.75, 3.05) is 5.32 Å². The van der Waals surface area contributed by atoms with E-state index in [0.717, 1.165) is 33.5 Å². The van der Waals surface area contributed by atoms with Gasteiger partial charge < -0.3 is 10.1 Å². The Bertz CT molecular complexity index is 1160. The van der Waals surface area contributed by atoms with Crippen LogP contribution in [0.2, 0.25) is 0 Å². The number of nitrogens with zero attached hydrogens (tertiary/aromatic N) is 2. The Balaban J connectivity index is 1.63. The van der Waals surface area contributed by atoms with Crippen LogP contribution in [0.25, 0.3) is 10.2 Å². The van der Waals surface area contributed by atoms with Crippen LogP contribution in [-0.2, 0) is 17.8 Å². The molecule has 0 bridgehead atoms. The van der Waals surface area contributed by atoms with Crippen molar-refractivity contribution in [1.82, 2.24) is 9.97 Å². The number of fused-ring (bicyclic) bond motifs is 1.